The first-order valence-electron chi connectivity index (χ1n) is 5.76. The zero-order valence-electron chi connectivity index (χ0n) is 9.08. The predicted octanol–water partition coefficient (Wildman–Crippen LogP) is 1.60. The summed E-state index contributed by atoms with van der Waals surface area (Å²) in [7, 11) is 0. The minimum absolute atomic E-state index is 0.638. The van der Waals surface area contributed by atoms with E-state index in [4.69, 9.17) is 5.73 Å². The number of anilines is 1. The number of pyridine rings is 1. The third-order valence-electron chi connectivity index (χ3n) is 3.07. The third kappa shape index (κ3) is 3.20. The summed E-state index contributed by atoms with van der Waals surface area (Å²) in [5, 5.41) is 3.44. The molecule has 1 aromatic rings. The van der Waals surface area contributed by atoms with Gasteiger partial charge in [-0.25, -0.2) is 4.98 Å². The molecule has 2 rings (SSSR count). The standard InChI is InChI=1S/C12H19N3/c13-12-9-11(4-7-15-12)8-10-2-1-5-14-6-3-10/h4,7,9-10,14H,1-3,5-6,8H2,(H2,13,15). The van der Waals surface area contributed by atoms with Crippen LogP contribution < -0.4 is 11.1 Å². The van der Waals surface area contributed by atoms with Crippen LogP contribution in [-0.2, 0) is 6.42 Å². The Morgan fingerprint density at radius 1 is 1.40 bits per heavy atom. The first-order chi connectivity index (χ1) is 7.34. The number of nitrogen functional groups attached to an aromatic ring is 1. The molecule has 0 aromatic carbocycles. The molecule has 1 aliphatic rings. The fraction of sp³-hybridized carbons (Fsp3) is 0.583. The van der Waals surface area contributed by atoms with Gasteiger partial charge in [0.2, 0.25) is 0 Å². The van der Waals surface area contributed by atoms with Gasteiger partial charge < -0.3 is 11.1 Å². The van der Waals surface area contributed by atoms with Crippen molar-refractivity contribution in [3.63, 3.8) is 0 Å². The van der Waals surface area contributed by atoms with Gasteiger partial charge in [-0.1, -0.05) is 0 Å². The lowest BCUT2D eigenvalue weighted by atomic mass is 9.93. The Morgan fingerprint density at radius 3 is 3.20 bits per heavy atom. The maximum absolute atomic E-state index is 5.67. The molecule has 0 aliphatic carbocycles. The van der Waals surface area contributed by atoms with Crippen molar-refractivity contribution in [1.82, 2.24) is 10.3 Å². The Hall–Kier alpha value is -1.09. The summed E-state index contributed by atoms with van der Waals surface area (Å²) in [6.07, 6.45) is 6.86. The van der Waals surface area contributed by atoms with E-state index in [1.54, 1.807) is 6.20 Å². The number of nitrogens with one attached hydrogen (secondary N) is 1. The number of nitrogens with two attached hydrogens (primary N) is 1. The molecule has 1 aliphatic heterocycles. The van der Waals surface area contributed by atoms with Crippen molar-refractivity contribution in [2.75, 3.05) is 18.8 Å². The number of nitrogens with zero attached hydrogens (tertiary/aromatic N) is 1. The van der Waals surface area contributed by atoms with Crippen LogP contribution in [0.3, 0.4) is 0 Å². The molecule has 15 heavy (non-hydrogen) atoms. The average molecular weight is 205 g/mol. The lowest BCUT2D eigenvalue weighted by molar-refractivity contribution is 0.470. The highest BCUT2D eigenvalue weighted by Crippen LogP contribution is 2.19. The van der Waals surface area contributed by atoms with Crippen LogP contribution in [0.5, 0.6) is 0 Å². The largest absolute Gasteiger partial charge is 0.384 e. The van der Waals surface area contributed by atoms with E-state index in [1.165, 1.54) is 31.4 Å². The summed E-state index contributed by atoms with van der Waals surface area (Å²) in [6, 6.07) is 4.08. The molecule has 0 saturated carbocycles. The van der Waals surface area contributed by atoms with Crippen LogP contribution in [0, 0.1) is 5.92 Å². The maximum Gasteiger partial charge on any atom is 0.123 e. The molecule has 0 radical (unpaired) electrons. The molecule has 3 nitrogen and oxygen atoms in total. The molecule has 0 amide bonds. The van der Waals surface area contributed by atoms with Crippen LogP contribution in [0.15, 0.2) is 18.3 Å². The fourth-order valence-corrected chi connectivity index (χ4v) is 2.25. The van der Waals surface area contributed by atoms with E-state index in [-0.39, 0.29) is 0 Å². The molecule has 3 N–H and O–H groups in total. The van der Waals surface area contributed by atoms with Gasteiger partial charge in [0.25, 0.3) is 0 Å². The highest BCUT2D eigenvalue weighted by atomic mass is 14.8. The minimum Gasteiger partial charge on any atom is -0.384 e. The van der Waals surface area contributed by atoms with Gasteiger partial charge in [-0.05, 0) is 62.4 Å². The quantitative estimate of drug-likeness (QED) is 0.771. The van der Waals surface area contributed by atoms with Gasteiger partial charge in [0.05, 0.1) is 0 Å². The molecular weight excluding hydrogens is 186 g/mol. The highest BCUT2D eigenvalue weighted by molar-refractivity contribution is 5.31. The van der Waals surface area contributed by atoms with Crippen LogP contribution >= 0.6 is 0 Å². The molecule has 0 bridgehead atoms. The van der Waals surface area contributed by atoms with Crippen molar-refractivity contribution >= 4 is 5.82 Å². The van der Waals surface area contributed by atoms with Crippen LogP contribution in [0.2, 0.25) is 0 Å². The number of hydrogen-bond acceptors (Lipinski definition) is 3. The molecule has 1 fully saturated rings. The number of rotatable bonds is 2. The molecule has 82 valence electrons. The molecule has 0 spiro atoms. The Balaban J connectivity index is 1.95. The molecule has 1 atom stereocenters. The molecule has 1 unspecified atom stereocenters. The molecule has 1 aromatic heterocycles. The van der Waals surface area contributed by atoms with E-state index < -0.39 is 0 Å². The van der Waals surface area contributed by atoms with Gasteiger partial charge in [0.1, 0.15) is 5.82 Å². The topological polar surface area (TPSA) is 50.9 Å². The summed E-state index contributed by atoms with van der Waals surface area (Å²) in [5.74, 6) is 1.45. The second-order valence-electron chi connectivity index (χ2n) is 4.34. The second-order valence-corrected chi connectivity index (χ2v) is 4.34. The van der Waals surface area contributed by atoms with Gasteiger partial charge in [-0.2, -0.15) is 0 Å². The van der Waals surface area contributed by atoms with E-state index in [9.17, 15) is 0 Å². The van der Waals surface area contributed by atoms with Gasteiger partial charge in [-0.3, -0.25) is 0 Å². The Bertz CT molecular complexity index is 303. The van der Waals surface area contributed by atoms with Gasteiger partial charge in [-0.15, -0.1) is 0 Å². The number of hydrogen-bond donors (Lipinski definition) is 2. The van der Waals surface area contributed by atoms with E-state index in [0.717, 1.165) is 18.9 Å². The summed E-state index contributed by atoms with van der Waals surface area (Å²) in [6.45, 7) is 2.33. The van der Waals surface area contributed by atoms with Crippen LogP contribution in [0.25, 0.3) is 0 Å². The Morgan fingerprint density at radius 2 is 2.33 bits per heavy atom. The van der Waals surface area contributed by atoms with Crippen molar-refractivity contribution in [2.45, 2.75) is 25.7 Å². The molecule has 3 heteroatoms. The third-order valence-corrected chi connectivity index (χ3v) is 3.07. The van der Waals surface area contributed by atoms with Gasteiger partial charge >= 0.3 is 0 Å². The summed E-state index contributed by atoms with van der Waals surface area (Å²) < 4.78 is 0. The minimum atomic E-state index is 0.638. The SMILES string of the molecule is Nc1cc(CC2CCCNCC2)ccn1. The lowest BCUT2D eigenvalue weighted by Crippen LogP contribution is -2.14. The first kappa shape index (κ1) is 10.4. The van der Waals surface area contributed by atoms with Crippen molar-refractivity contribution in [2.24, 2.45) is 5.92 Å². The smallest absolute Gasteiger partial charge is 0.123 e. The Labute approximate surface area is 91.1 Å². The lowest BCUT2D eigenvalue weighted by Gasteiger charge is -2.13. The van der Waals surface area contributed by atoms with Gasteiger partial charge in [0, 0.05) is 6.20 Å². The van der Waals surface area contributed by atoms with Crippen molar-refractivity contribution in [3.05, 3.63) is 23.9 Å². The number of aromatic nitrogens is 1. The van der Waals surface area contributed by atoms with Crippen LogP contribution in [-0.4, -0.2) is 18.1 Å². The van der Waals surface area contributed by atoms with E-state index in [1.807, 2.05) is 6.07 Å². The molecular formula is C12H19N3. The van der Waals surface area contributed by atoms with Crippen molar-refractivity contribution < 1.29 is 0 Å². The van der Waals surface area contributed by atoms with Crippen molar-refractivity contribution in [1.29, 1.82) is 0 Å². The highest BCUT2D eigenvalue weighted by Gasteiger charge is 2.12. The van der Waals surface area contributed by atoms with Crippen molar-refractivity contribution in [3.8, 4) is 0 Å². The second kappa shape index (κ2) is 5.12. The van der Waals surface area contributed by atoms with Crippen LogP contribution in [0.1, 0.15) is 24.8 Å². The van der Waals surface area contributed by atoms with E-state index >= 15 is 0 Å². The monoisotopic (exact) mass is 205 g/mol. The predicted molar refractivity (Wildman–Crippen MR) is 62.6 cm³/mol. The zero-order valence-corrected chi connectivity index (χ0v) is 9.08. The van der Waals surface area contributed by atoms with E-state index in [2.05, 4.69) is 16.4 Å². The summed E-state index contributed by atoms with van der Waals surface area (Å²) in [4.78, 5) is 4.02. The molecule has 2 heterocycles. The summed E-state index contributed by atoms with van der Waals surface area (Å²) >= 11 is 0. The fourth-order valence-electron chi connectivity index (χ4n) is 2.25. The molecule has 1 saturated heterocycles. The van der Waals surface area contributed by atoms with Gasteiger partial charge in [0.15, 0.2) is 0 Å². The summed E-state index contributed by atoms with van der Waals surface area (Å²) in [5.41, 5.74) is 7.00. The van der Waals surface area contributed by atoms with Crippen LogP contribution in [0.4, 0.5) is 5.82 Å². The maximum atomic E-state index is 5.67. The average Bonchev–Trinajstić information content (AvgIpc) is 2.46. The normalized spacial score (nSPS) is 22.3. The van der Waals surface area contributed by atoms with E-state index in [0.29, 0.717) is 5.82 Å². The zero-order chi connectivity index (χ0) is 10.5. The first-order valence-corrected chi connectivity index (χ1v) is 5.76. The Kier molecular flexibility index (Phi) is 3.56.